The van der Waals surface area contributed by atoms with Gasteiger partial charge < -0.3 is 0 Å². The van der Waals surface area contributed by atoms with Crippen LogP contribution in [0.2, 0.25) is 0 Å². The van der Waals surface area contributed by atoms with Crippen molar-refractivity contribution in [3.63, 3.8) is 0 Å². The molecule has 21 heavy (non-hydrogen) atoms. The van der Waals surface area contributed by atoms with Crippen molar-refractivity contribution in [1.82, 2.24) is 0 Å². The number of nitrogens with zero attached hydrogens (tertiary/aromatic N) is 1. The van der Waals surface area contributed by atoms with Gasteiger partial charge in [0.25, 0.3) is 0 Å². The van der Waals surface area contributed by atoms with E-state index in [9.17, 15) is 0 Å². The fraction of sp³-hybridized carbons (Fsp3) is 0.350. The number of benzene rings is 2. The fourth-order valence-electron chi connectivity index (χ4n) is 2.94. The summed E-state index contributed by atoms with van der Waals surface area (Å²) in [5, 5.41) is 0. The lowest BCUT2D eigenvalue weighted by atomic mass is 9.87. The van der Waals surface area contributed by atoms with E-state index in [4.69, 9.17) is 0 Å². The average Bonchev–Trinajstić information content (AvgIpc) is 2.62. The summed E-state index contributed by atoms with van der Waals surface area (Å²) < 4.78 is 2.49. The molecule has 1 aliphatic heterocycles. The molecule has 1 nitrogen and oxygen atoms in total. The van der Waals surface area contributed by atoms with E-state index in [2.05, 4.69) is 87.0 Å². The Labute approximate surface area is 128 Å². The highest BCUT2D eigenvalue weighted by atomic mass is 15.0. The maximum atomic E-state index is 2.49. The van der Waals surface area contributed by atoms with E-state index in [-0.39, 0.29) is 5.41 Å². The molecule has 0 aromatic heterocycles. The normalized spacial score (nSPS) is 15.5. The van der Waals surface area contributed by atoms with E-state index < -0.39 is 0 Å². The van der Waals surface area contributed by atoms with Crippen molar-refractivity contribution in [3.8, 4) is 11.1 Å². The average molecular weight is 278 g/mol. The Morgan fingerprint density at radius 2 is 1.52 bits per heavy atom. The first-order valence-corrected chi connectivity index (χ1v) is 7.75. The minimum atomic E-state index is 0.255. The summed E-state index contributed by atoms with van der Waals surface area (Å²) in [4.78, 5) is 0. The van der Waals surface area contributed by atoms with Crippen LogP contribution in [0.3, 0.4) is 0 Å². The number of hydrogen-bond acceptors (Lipinski definition) is 0. The Bertz CT molecular complexity index is 689. The maximum Gasteiger partial charge on any atom is 0.171 e. The number of hydrogen-bond donors (Lipinski definition) is 0. The van der Waals surface area contributed by atoms with Crippen LogP contribution in [0.25, 0.3) is 11.1 Å². The monoisotopic (exact) mass is 278 g/mol. The Morgan fingerprint density at radius 3 is 2.24 bits per heavy atom. The van der Waals surface area contributed by atoms with Crippen LogP contribution >= 0.6 is 0 Å². The van der Waals surface area contributed by atoms with Gasteiger partial charge in [0.2, 0.25) is 0 Å². The van der Waals surface area contributed by atoms with E-state index in [1.54, 1.807) is 0 Å². The van der Waals surface area contributed by atoms with Crippen molar-refractivity contribution in [2.24, 2.45) is 5.41 Å². The topological polar surface area (TPSA) is 3.01 Å². The first-order valence-electron chi connectivity index (χ1n) is 7.75. The van der Waals surface area contributed by atoms with E-state index in [1.807, 2.05) is 0 Å². The predicted octanol–water partition coefficient (Wildman–Crippen LogP) is 4.73. The molecule has 0 fully saturated rings. The molecular formula is C20H24N+. The first-order chi connectivity index (χ1) is 9.97. The van der Waals surface area contributed by atoms with Gasteiger partial charge in [0.1, 0.15) is 0 Å². The standard InChI is InChI=1S/C20H24N/c1-15(20(2,3)4)21-13-16-9-5-7-11-18(16)19-12-8-6-10-17(19)14-21/h5-13,15H,14H2,1-4H3/q+1/t15-/m1/s1. The van der Waals surface area contributed by atoms with Gasteiger partial charge in [0.15, 0.2) is 18.8 Å². The zero-order valence-electron chi connectivity index (χ0n) is 13.4. The third kappa shape index (κ3) is 2.65. The summed E-state index contributed by atoms with van der Waals surface area (Å²) in [5.74, 6) is 0. The van der Waals surface area contributed by atoms with Crippen LogP contribution in [0.1, 0.15) is 38.8 Å². The van der Waals surface area contributed by atoms with E-state index in [0.29, 0.717) is 6.04 Å². The van der Waals surface area contributed by atoms with E-state index in [0.717, 1.165) is 6.54 Å². The summed E-state index contributed by atoms with van der Waals surface area (Å²) in [6, 6.07) is 18.0. The second-order valence-corrected chi connectivity index (χ2v) is 7.09. The van der Waals surface area contributed by atoms with Crippen LogP contribution in [0, 0.1) is 5.41 Å². The zero-order chi connectivity index (χ0) is 15.0. The van der Waals surface area contributed by atoms with Crippen LogP contribution in [0.4, 0.5) is 0 Å². The summed E-state index contributed by atoms with van der Waals surface area (Å²) in [5.41, 5.74) is 5.70. The Hall–Kier alpha value is -1.89. The van der Waals surface area contributed by atoms with Crippen molar-refractivity contribution >= 4 is 6.21 Å². The molecule has 0 radical (unpaired) electrons. The van der Waals surface area contributed by atoms with Crippen molar-refractivity contribution < 1.29 is 4.58 Å². The summed E-state index contributed by atoms with van der Waals surface area (Å²) >= 11 is 0. The molecule has 0 spiro atoms. The highest BCUT2D eigenvalue weighted by Crippen LogP contribution is 2.31. The lowest BCUT2D eigenvalue weighted by Crippen LogP contribution is -2.35. The summed E-state index contributed by atoms with van der Waals surface area (Å²) in [6.45, 7) is 10.2. The van der Waals surface area contributed by atoms with E-state index in [1.165, 1.54) is 22.3 Å². The van der Waals surface area contributed by atoms with E-state index >= 15 is 0 Å². The lowest BCUT2D eigenvalue weighted by Gasteiger charge is -2.24. The highest BCUT2D eigenvalue weighted by molar-refractivity contribution is 5.89. The quantitative estimate of drug-likeness (QED) is 0.663. The SMILES string of the molecule is C[C@@H]([N+]1=Cc2ccccc2-c2ccccc2C1)C(C)(C)C. The minimum Gasteiger partial charge on any atom is -0.228 e. The van der Waals surface area contributed by atoms with Crippen molar-refractivity contribution in [1.29, 1.82) is 0 Å². The summed E-state index contributed by atoms with van der Waals surface area (Å²) in [7, 11) is 0. The second-order valence-electron chi connectivity index (χ2n) is 7.09. The Morgan fingerprint density at radius 1 is 0.905 bits per heavy atom. The zero-order valence-corrected chi connectivity index (χ0v) is 13.4. The Kier molecular flexibility index (Phi) is 3.44. The van der Waals surface area contributed by atoms with Gasteiger partial charge in [-0.25, -0.2) is 4.58 Å². The molecule has 1 heterocycles. The molecule has 2 aromatic carbocycles. The largest absolute Gasteiger partial charge is 0.228 e. The molecule has 0 bridgehead atoms. The first kappa shape index (κ1) is 14.1. The van der Waals surface area contributed by atoms with Gasteiger partial charge in [-0.15, -0.1) is 0 Å². The molecule has 1 heteroatoms. The summed E-state index contributed by atoms with van der Waals surface area (Å²) in [6.07, 6.45) is 2.34. The molecular weight excluding hydrogens is 254 g/mol. The van der Waals surface area contributed by atoms with Gasteiger partial charge in [-0.1, -0.05) is 63.2 Å². The van der Waals surface area contributed by atoms with Gasteiger partial charge in [-0.3, -0.25) is 0 Å². The minimum absolute atomic E-state index is 0.255. The molecule has 0 aliphatic carbocycles. The van der Waals surface area contributed by atoms with Crippen LogP contribution < -0.4 is 0 Å². The van der Waals surface area contributed by atoms with Gasteiger partial charge in [-0.2, -0.15) is 0 Å². The van der Waals surface area contributed by atoms with Crippen molar-refractivity contribution in [2.75, 3.05) is 0 Å². The van der Waals surface area contributed by atoms with Gasteiger partial charge in [0, 0.05) is 16.5 Å². The molecule has 0 unspecified atom stereocenters. The van der Waals surface area contributed by atoms with Gasteiger partial charge in [-0.05, 0) is 24.1 Å². The Balaban J connectivity index is 2.18. The maximum absolute atomic E-state index is 2.49. The smallest absolute Gasteiger partial charge is 0.171 e. The van der Waals surface area contributed by atoms with Crippen LogP contribution in [-0.4, -0.2) is 16.8 Å². The van der Waals surface area contributed by atoms with Crippen molar-refractivity contribution in [3.05, 3.63) is 59.7 Å². The third-order valence-corrected chi connectivity index (χ3v) is 4.68. The van der Waals surface area contributed by atoms with Crippen LogP contribution in [0.15, 0.2) is 48.5 Å². The molecule has 0 saturated carbocycles. The second kappa shape index (κ2) is 5.14. The lowest BCUT2D eigenvalue weighted by molar-refractivity contribution is -0.587. The highest BCUT2D eigenvalue weighted by Gasteiger charge is 2.31. The number of rotatable bonds is 1. The molecule has 108 valence electrons. The van der Waals surface area contributed by atoms with Gasteiger partial charge in [0.05, 0.1) is 0 Å². The molecule has 1 atom stereocenters. The molecule has 2 aromatic rings. The predicted molar refractivity (Wildman–Crippen MR) is 89.9 cm³/mol. The molecule has 0 amide bonds. The van der Waals surface area contributed by atoms with Gasteiger partial charge >= 0.3 is 0 Å². The third-order valence-electron chi connectivity index (χ3n) is 4.68. The molecule has 1 aliphatic rings. The fourth-order valence-corrected chi connectivity index (χ4v) is 2.94. The van der Waals surface area contributed by atoms with Crippen LogP contribution in [0.5, 0.6) is 0 Å². The van der Waals surface area contributed by atoms with Crippen molar-refractivity contribution in [2.45, 2.75) is 40.3 Å². The number of fused-ring (bicyclic) bond motifs is 3. The molecule has 0 N–H and O–H groups in total. The van der Waals surface area contributed by atoms with Crippen LogP contribution in [-0.2, 0) is 6.54 Å². The molecule has 3 rings (SSSR count). The molecule has 0 saturated heterocycles.